The first-order valence-electron chi connectivity index (χ1n) is 7.50. The Balaban J connectivity index is 0.00000220. The molecule has 1 aromatic heterocycles. The first-order valence-corrected chi connectivity index (χ1v) is 7.50. The lowest BCUT2D eigenvalue weighted by Gasteiger charge is -2.29. The topological polar surface area (TPSA) is 54.2 Å². The normalized spacial score (nSPS) is 16.9. The second-order valence-electron chi connectivity index (χ2n) is 5.87. The molecule has 1 fully saturated rings. The van der Waals surface area contributed by atoms with Crippen LogP contribution in [-0.4, -0.2) is 34.9 Å². The molecule has 1 unspecified atom stereocenters. The predicted molar refractivity (Wildman–Crippen MR) is 98.5 cm³/mol. The van der Waals surface area contributed by atoms with E-state index in [9.17, 15) is 0 Å². The molecule has 6 heteroatoms. The lowest BCUT2D eigenvalue weighted by molar-refractivity contribution is 0.378. The summed E-state index contributed by atoms with van der Waals surface area (Å²) >= 11 is 0. The van der Waals surface area contributed by atoms with Gasteiger partial charge < -0.3 is 10.6 Å². The summed E-state index contributed by atoms with van der Waals surface area (Å²) in [4.78, 5) is 4.32. The summed E-state index contributed by atoms with van der Waals surface area (Å²) in [5.41, 5.74) is 3.71. The standard InChI is InChI=1S/C15H27N5.HI/c1-10(9-14-11(2)19-20(5)12(14)3)17-15(16-4)18-13-7-6-8-13;/h10,13H,6-9H2,1-5H3,(H2,16,17,18);1H. The molecule has 1 aromatic rings. The van der Waals surface area contributed by atoms with Crippen LogP contribution < -0.4 is 10.6 Å². The predicted octanol–water partition coefficient (Wildman–Crippen LogP) is 2.30. The molecule has 0 amide bonds. The zero-order valence-corrected chi connectivity index (χ0v) is 16.1. The van der Waals surface area contributed by atoms with E-state index in [-0.39, 0.29) is 24.0 Å². The van der Waals surface area contributed by atoms with Gasteiger partial charge in [-0.3, -0.25) is 9.67 Å². The number of aromatic nitrogens is 2. The van der Waals surface area contributed by atoms with Crippen LogP contribution in [0.5, 0.6) is 0 Å². The Bertz CT molecular complexity index is 490. The Morgan fingerprint density at radius 1 is 1.43 bits per heavy atom. The van der Waals surface area contributed by atoms with Gasteiger partial charge in [-0.2, -0.15) is 5.10 Å². The summed E-state index contributed by atoms with van der Waals surface area (Å²) in [6.07, 6.45) is 4.82. The zero-order valence-electron chi connectivity index (χ0n) is 13.7. The van der Waals surface area contributed by atoms with E-state index >= 15 is 0 Å². The van der Waals surface area contributed by atoms with Crippen molar-refractivity contribution in [2.75, 3.05) is 7.05 Å². The van der Waals surface area contributed by atoms with Crippen LogP contribution in [0.2, 0.25) is 0 Å². The van der Waals surface area contributed by atoms with E-state index in [1.165, 1.54) is 30.5 Å². The Labute approximate surface area is 145 Å². The highest BCUT2D eigenvalue weighted by atomic mass is 127. The number of guanidine groups is 1. The van der Waals surface area contributed by atoms with Crippen LogP contribution in [-0.2, 0) is 13.5 Å². The van der Waals surface area contributed by atoms with Crippen molar-refractivity contribution in [2.24, 2.45) is 12.0 Å². The molecule has 0 radical (unpaired) electrons. The van der Waals surface area contributed by atoms with Gasteiger partial charge in [-0.15, -0.1) is 24.0 Å². The molecule has 5 nitrogen and oxygen atoms in total. The number of nitrogens with one attached hydrogen (secondary N) is 2. The Kier molecular flexibility index (Phi) is 6.96. The summed E-state index contributed by atoms with van der Waals surface area (Å²) in [5.74, 6) is 0.918. The van der Waals surface area contributed by atoms with Crippen molar-refractivity contribution in [3.63, 3.8) is 0 Å². The highest BCUT2D eigenvalue weighted by molar-refractivity contribution is 14.0. The Morgan fingerprint density at radius 2 is 2.10 bits per heavy atom. The van der Waals surface area contributed by atoms with Gasteiger partial charge >= 0.3 is 0 Å². The van der Waals surface area contributed by atoms with Crippen molar-refractivity contribution >= 4 is 29.9 Å². The molecular formula is C15H28IN5. The van der Waals surface area contributed by atoms with Crippen LogP contribution in [0.4, 0.5) is 0 Å². The van der Waals surface area contributed by atoms with Crippen LogP contribution in [0.25, 0.3) is 0 Å². The molecule has 1 aliphatic rings. The van der Waals surface area contributed by atoms with Crippen LogP contribution in [0.15, 0.2) is 4.99 Å². The monoisotopic (exact) mass is 405 g/mol. The zero-order chi connectivity index (χ0) is 14.7. The first kappa shape index (κ1) is 18.3. The molecular weight excluding hydrogens is 377 g/mol. The minimum Gasteiger partial charge on any atom is -0.354 e. The molecule has 0 spiro atoms. The van der Waals surface area contributed by atoms with Crippen molar-refractivity contribution in [1.82, 2.24) is 20.4 Å². The van der Waals surface area contributed by atoms with Crippen molar-refractivity contribution in [1.29, 1.82) is 0 Å². The van der Waals surface area contributed by atoms with Gasteiger partial charge in [-0.25, -0.2) is 0 Å². The van der Waals surface area contributed by atoms with Crippen LogP contribution in [0.3, 0.4) is 0 Å². The fourth-order valence-electron chi connectivity index (χ4n) is 2.62. The maximum absolute atomic E-state index is 4.48. The second-order valence-corrected chi connectivity index (χ2v) is 5.87. The molecule has 21 heavy (non-hydrogen) atoms. The van der Waals surface area contributed by atoms with Gasteiger partial charge in [-0.1, -0.05) is 0 Å². The average Bonchev–Trinajstić information content (AvgIpc) is 2.59. The quantitative estimate of drug-likeness (QED) is 0.459. The number of rotatable bonds is 4. The molecule has 2 rings (SSSR count). The van der Waals surface area contributed by atoms with Gasteiger partial charge in [-0.05, 0) is 52.0 Å². The third kappa shape index (κ3) is 4.59. The van der Waals surface area contributed by atoms with E-state index in [1.54, 1.807) is 0 Å². The number of aryl methyl sites for hydroxylation is 2. The summed E-state index contributed by atoms with van der Waals surface area (Å²) in [6, 6.07) is 0.943. The second kappa shape index (κ2) is 8.00. The smallest absolute Gasteiger partial charge is 0.191 e. The SMILES string of the molecule is CN=C(NC(C)Cc1c(C)nn(C)c1C)NC1CCC1.I. The van der Waals surface area contributed by atoms with Gasteiger partial charge in [0.1, 0.15) is 0 Å². The van der Waals surface area contributed by atoms with E-state index in [4.69, 9.17) is 0 Å². The van der Waals surface area contributed by atoms with Crippen molar-refractivity contribution in [3.8, 4) is 0 Å². The van der Waals surface area contributed by atoms with Gasteiger partial charge in [0.15, 0.2) is 5.96 Å². The van der Waals surface area contributed by atoms with Gasteiger partial charge in [0.25, 0.3) is 0 Å². The van der Waals surface area contributed by atoms with Crippen molar-refractivity contribution in [2.45, 2.75) is 58.5 Å². The Morgan fingerprint density at radius 3 is 2.52 bits per heavy atom. The highest BCUT2D eigenvalue weighted by Gasteiger charge is 2.19. The van der Waals surface area contributed by atoms with Gasteiger partial charge in [0.2, 0.25) is 0 Å². The lowest BCUT2D eigenvalue weighted by Crippen LogP contribution is -2.49. The van der Waals surface area contributed by atoms with Crippen molar-refractivity contribution in [3.05, 3.63) is 17.0 Å². The number of aliphatic imine (C=N–C) groups is 1. The number of nitrogens with zero attached hydrogens (tertiary/aromatic N) is 3. The minimum atomic E-state index is 0. The van der Waals surface area contributed by atoms with Crippen LogP contribution in [0, 0.1) is 13.8 Å². The van der Waals surface area contributed by atoms with E-state index in [0.717, 1.165) is 18.1 Å². The van der Waals surface area contributed by atoms with Gasteiger partial charge in [0.05, 0.1) is 5.69 Å². The summed E-state index contributed by atoms with van der Waals surface area (Å²) in [6.45, 7) is 6.40. The molecule has 0 aliphatic heterocycles. The number of halogens is 1. The number of hydrogen-bond acceptors (Lipinski definition) is 2. The first-order chi connectivity index (χ1) is 9.51. The van der Waals surface area contributed by atoms with E-state index in [0.29, 0.717) is 12.1 Å². The molecule has 0 aromatic carbocycles. The van der Waals surface area contributed by atoms with E-state index in [1.807, 2.05) is 18.8 Å². The average molecular weight is 405 g/mol. The minimum absolute atomic E-state index is 0. The lowest BCUT2D eigenvalue weighted by atomic mass is 9.93. The Hall–Kier alpha value is -0.790. The van der Waals surface area contributed by atoms with Gasteiger partial charge in [0, 0.05) is 31.9 Å². The molecule has 0 bridgehead atoms. The molecule has 1 heterocycles. The van der Waals surface area contributed by atoms with Crippen LogP contribution >= 0.6 is 24.0 Å². The molecule has 2 N–H and O–H groups in total. The molecule has 1 aliphatic carbocycles. The summed E-state index contributed by atoms with van der Waals surface area (Å²) in [5, 5.41) is 11.4. The fraction of sp³-hybridized carbons (Fsp3) is 0.733. The van der Waals surface area contributed by atoms with E-state index < -0.39 is 0 Å². The summed E-state index contributed by atoms with van der Waals surface area (Å²) in [7, 11) is 3.84. The molecule has 1 saturated carbocycles. The molecule has 0 saturated heterocycles. The molecule has 120 valence electrons. The highest BCUT2D eigenvalue weighted by Crippen LogP contribution is 2.18. The maximum atomic E-state index is 4.48. The van der Waals surface area contributed by atoms with Crippen molar-refractivity contribution < 1.29 is 0 Å². The third-order valence-electron chi connectivity index (χ3n) is 4.22. The van der Waals surface area contributed by atoms with Crippen LogP contribution in [0.1, 0.15) is 43.1 Å². The third-order valence-corrected chi connectivity index (χ3v) is 4.22. The summed E-state index contributed by atoms with van der Waals surface area (Å²) < 4.78 is 1.96. The maximum Gasteiger partial charge on any atom is 0.191 e. The largest absolute Gasteiger partial charge is 0.354 e. The van der Waals surface area contributed by atoms with E-state index in [2.05, 4.69) is 41.5 Å². The number of hydrogen-bond donors (Lipinski definition) is 2. The fourth-order valence-corrected chi connectivity index (χ4v) is 2.62. The molecule has 1 atom stereocenters.